The Morgan fingerprint density at radius 3 is 2.47 bits per heavy atom. The quantitative estimate of drug-likeness (QED) is 0.158. The molecule has 5 fully saturated rings. The van der Waals surface area contributed by atoms with Crippen molar-refractivity contribution < 1.29 is 52.8 Å². The van der Waals surface area contributed by atoms with Crippen LogP contribution >= 0.6 is 27.7 Å². The van der Waals surface area contributed by atoms with E-state index in [2.05, 4.69) is 38.8 Å². The van der Waals surface area contributed by atoms with Crippen LogP contribution in [-0.4, -0.2) is 92.6 Å². The molecule has 0 unspecified atom stereocenters. The minimum Gasteiger partial charge on any atom is -0.481 e. The fourth-order valence-electron chi connectivity index (χ4n) is 11.7. The minimum atomic E-state index is -1.44. The van der Waals surface area contributed by atoms with Gasteiger partial charge in [0, 0.05) is 34.8 Å². The zero-order valence-corrected chi connectivity index (χ0v) is 36.4. The van der Waals surface area contributed by atoms with E-state index in [1.807, 2.05) is 37.3 Å². The number of hydrogen-bond donors (Lipinski definition) is 5. The third-order valence-corrected chi connectivity index (χ3v) is 15.7. The largest absolute Gasteiger partial charge is 0.481 e. The van der Waals surface area contributed by atoms with Crippen molar-refractivity contribution in [2.24, 2.45) is 34.5 Å². The standard InChI is InChI=1S/C44H55BrFN3O10S/c1-42-16-15-29(50)18-27(42)9-12-30-31-19-34-44(41(57)60-23-46,43(31,2)20-33(51)38(30)42)59-40(58-34)26-7-3-24(4-8-26)17-25-5-10-28(11-6-25)48-39(56)32(13-14-37(54)55)49-36(53)22-47-35(52)21-45/h3-4,7-8,15-16,18,25,28,30-34,38,40,51H,5-6,9-14,17,19-23H2,1-2H3,(H,47,52)(H,48,56)(H,49,53)(H,54,55)/t25?,28?,30-,31-,32-,33-,34+,38+,40+,42-,43-,44-/m0/s1. The summed E-state index contributed by atoms with van der Waals surface area (Å²) >= 11 is 3.61. The van der Waals surface area contributed by atoms with Crippen molar-refractivity contribution in [3.05, 3.63) is 59.2 Å². The van der Waals surface area contributed by atoms with Gasteiger partial charge in [-0.25, -0.2) is 4.39 Å². The van der Waals surface area contributed by atoms with Crippen LogP contribution in [0.25, 0.3) is 0 Å². The Morgan fingerprint density at radius 2 is 1.78 bits per heavy atom. The molecule has 13 nitrogen and oxygen atoms in total. The van der Waals surface area contributed by atoms with Gasteiger partial charge in [0.05, 0.1) is 24.1 Å². The maximum Gasteiger partial charge on any atom is 0.303 e. The number of carboxylic acids is 1. The van der Waals surface area contributed by atoms with Crippen LogP contribution in [0.15, 0.2) is 48.1 Å². The highest BCUT2D eigenvalue weighted by Gasteiger charge is 2.76. The Balaban J connectivity index is 0.963. The van der Waals surface area contributed by atoms with Gasteiger partial charge in [-0.2, -0.15) is 0 Å². The zero-order valence-electron chi connectivity index (χ0n) is 34.0. The molecule has 1 aromatic rings. The molecule has 3 amide bonds. The molecule has 1 heterocycles. The monoisotopic (exact) mass is 915 g/mol. The van der Waals surface area contributed by atoms with E-state index in [1.165, 1.54) is 0 Å². The summed E-state index contributed by atoms with van der Waals surface area (Å²) in [6.07, 6.45) is 8.94. The molecule has 5 aliphatic carbocycles. The van der Waals surface area contributed by atoms with Crippen molar-refractivity contribution in [3.63, 3.8) is 0 Å². The molecule has 0 radical (unpaired) electrons. The Bertz CT molecular complexity index is 1920. The Labute approximate surface area is 361 Å². The van der Waals surface area contributed by atoms with Gasteiger partial charge in [-0.15, -0.1) is 0 Å². The van der Waals surface area contributed by atoms with Gasteiger partial charge in [0.2, 0.25) is 22.8 Å². The topological polar surface area (TPSA) is 197 Å². The molecule has 60 heavy (non-hydrogen) atoms. The maximum atomic E-state index is 14.1. The number of ketones is 1. The summed E-state index contributed by atoms with van der Waals surface area (Å²) in [5.41, 5.74) is 0.180. The molecule has 7 rings (SSSR count). The van der Waals surface area contributed by atoms with E-state index in [9.17, 15) is 43.4 Å². The summed E-state index contributed by atoms with van der Waals surface area (Å²) < 4.78 is 27.4. The van der Waals surface area contributed by atoms with Crippen LogP contribution in [0.5, 0.6) is 0 Å². The van der Waals surface area contributed by atoms with Crippen LogP contribution in [0.2, 0.25) is 0 Å². The minimum absolute atomic E-state index is 0.0139. The summed E-state index contributed by atoms with van der Waals surface area (Å²) in [6, 6.07) is 5.88. The third-order valence-electron chi connectivity index (χ3n) is 14.6. The number of amides is 3. The molecule has 6 aliphatic rings. The lowest BCUT2D eigenvalue weighted by Crippen LogP contribution is -2.62. The van der Waals surface area contributed by atoms with Crippen LogP contribution in [0.4, 0.5) is 4.39 Å². The number of allylic oxidation sites excluding steroid dienone is 4. The second-order valence-corrected chi connectivity index (χ2v) is 19.4. The van der Waals surface area contributed by atoms with Gasteiger partial charge in [-0.05, 0) is 99.7 Å². The number of rotatable bonds is 14. The Hall–Kier alpha value is -3.44. The van der Waals surface area contributed by atoms with E-state index in [1.54, 1.807) is 12.2 Å². The van der Waals surface area contributed by atoms with Crippen LogP contribution in [0.3, 0.4) is 0 Å². The van der Waals surface area contributed by atoms with Crippen LogP contribution in [0.1, 0.15) is 95.5 Å². The van der Waals surface area contributed by atoms with Gasteiger partial charge in [0.15, 0.2) is 17.7 Å². The highest BCUT2D eigenvalue weighted by atomic mass is 79.9. The van der Waals surface area contributed by atoms with Crippen LogP contribution in [-0.2, 0) is 44.7 Å². The van der Waals surface area contributed by atoms with Crippen molar-refractivity contribution in [1.82, 2.24) is 16.0 Å². The smallest absolute Gasteiger partial charge is 0.303 e. The lowest BCUT2D eigenvalue weighted by atomic mass is 9.46. The molecule has 1 aliphatic heterocycles. The first-order valence-electron chi connectivity index (χ1n) is 21.0. The number of fused-ring (bicyclic) bond motifs is 7. The van der Waals surface area contributed by atoms with Gasteiger partial charge in [-0.3, -0.25) is 28.8 Å². The number of carbonyl (C=O) groups is 6. The summed E-state index contributed by atoms with van der Waals surface area (Å²) in [7, 11) is 0. The number of aliphatic hydroxyl groups is 1. The number of benzene rings is 1. The first-order valence-corrected chi connectivity index (χ1v) is 23.1. The van der Waals surface area contributed by atoms with Crippen molar-refractivity contribution >= 4 is 62.3 Å². The second-order valence-electron chi connectivity index (χ2n) is 17.9. The number of nitrogens with one attached hydrogen (secondary N) is 3. The summed E-state index contributed by atoms with van der Waals surface area (Å²) in [6.45, 7) is 3.79. The van der Waals surface area contributed by atoms with Crippen molar-refractivity contribution in [2.45, 2.75) is 121 Å². The molecular formula is C44H55BrFN3O10S. The average Bonchev–Trinajstić information content (AvgIpc) is 3.72. The number of hydrogen-bond acceptors (Lipinski definition) is 10. The molecule has 0 bridgehead atoms. The van der Waals surface area contributed by atoms with E-state index >= 15 is 0 Å². The molecule has 4 saturated carbocycles. The maximum absolute atomic E-state index is 14.1. The molecule has 1 aromatic carbocycles. The fraction of sp³-hybridized carbons (Fsp3) is 0.636. The number of thioether (sulfide) groups is 1. The van der Waals surface area contributed by atoms with Gasteiger partial charge in [0.1, 0.15) is 12.0 Å². The second kappa shape index (κ2) is 18.1. The van der Waals surface area contributed by atoms with Gasteiger partial charge >= 0.3 is 5.97 Å². The average molecular weight is 917 g/mol. The van der Waals surface area contributed by atoms with E-state index in [0.717, 1.165) is 61.6 Å². The van der Waals surface area contributed by atoms with Crippen molar-refractivity contribution in [2.75, 3.05) is 17.9 Å². The number of aliphatic carboxylic acids is 1. The van der Waals surface area contributed by atoms with Crippen molar-refractivity contribution in [1.29, 1.82) is 0 Å². The lowest BCUT2D eigenvalue weighted by Gasteiger charge is -2.59. The number of aliphatic hydroxyl groups excluding tert-OH is 1. The lowest BCUT2D eigenvalue weighted by molar-refractivity contribution is -0.194. The zero-order chi connectivity index (χ0) is 43.0. The molecule has 326 valence electrons. The summed E-state index contributed by atoms with van der Waals surface area (Å²) in [4.78, 5) is 74.6. The van der Waals surface area contributed by atoms with E-state index in [4.69, 9.17) is 9.47 Å². The van der Waals surface area contributed by atoms with E-state index < -0.39 is 75.8 Å². The summed E-state index contributed by atoms with van der Waals surface area (Å²) in [5.74, 6) is -2.29. The third kappa shape index (κ3) is 8.52. The number of alkyl halides is 2. The number of carboxylic acid groups (broad SMARTS) is 1. The number of halogens is 2. The fourth-order valence-corrected chi connectivity index (χ4v) is 12.6. The predicted octanol–water partition coefficient (Wildman–Crippen LogP) is 4.99. The van der Waals surface area contributed by atoms with Gasteiger partial charge in [0.25, 0.3) is 0 Å². The summed E-state index contributed by atoms with van der Waals surface area (Å²) in [5, 5.41) is 28.7. The molecule has 10 atom stereocenters. The first-order chi connectivity index (χ1) is 28.6. The van der Waals surface area contributed by atoms with Crippen molar-refractivity contribution in [3.8, 4) is 0 Å². The molecular weight excluding hydrogens is 861 g/mol. The molecule has 1 saturated heterocycles. The molecule has 0 aromatic heterocycles. The SMILES string of the molecule is C[C@]12C=CC(=O)C=C1CC[C@@H]1[C@@H]2[C@@H](O)C[C@@]2(C)[C@H]1C[C@H]1O[C@@H](c3ccc(CC4CCC(NC(=O)[C@H](CCC(=O)O)NC(=O)CNC(=O)CBr)CC4)cc3)O[C@]12C(=O)SCF. The van der Waals surface area contributed by atoms with Crippen LogP contribution < -0.4 is 16.0 Å². The highest BCUT2D eigenvalue weighted by molar-refractivity contribution is 9.09. The number of carbonyl (C=O) groups excluding carboxylic acids is 5. The van der Waals surface area contributed by atoms with E-state index in [0.29, 0.717) is 30.5 Å². The number of ether oxygens (including phenoxy) is 2. The Kier molecular flexibility index (Phi) is 13.5. The first kappa shape index (κ1) is 44.6. The van der Waals surface area contributed by atoms with Crippen LogP contribution in [0, 0.1) is 34.5 Å². The van der Waals surface area contributed by atoms with E-state index in [-0.39, 0.29) is 54.3 Å². The highest BCUT2D eigenvalue weighted by Crippen LogP contribution is 2.71. The van der Waals surface area contributed by atoms with Gasteiger partial charge < -0.3 is 35.6 Å². The van der Waals surface area contributed by atoms with Gasteiger partial charge in [-0.1, -0.05) is 77.5 Å². The Morgan fingerprint density at radius 1 is 1.05 bits per heavy atom. The molecule has 5 N–H and O–H groups in total. The normalized spacial score (nSPS) is 35.8. The molecule has 16 heteroatoms. The molecule has 0 spiro atoms. The predicted molar refractivity (Wildman–Crippen MR) is 223 cm³/mol.